The molecule has 0 radical (unpaired) electrons. The molecule has 8 nitrogen and oxygen atoms in total. The third kappa shape index (κ3) is 4.98. The van der Waals surface area contributed by atoms with E-state index in [0.29, 0.717) is 34.7 Å². The number of benzene rings is 2. The van der Waals surface area contributed by atoms with Crippen molar-refractivity contribution in [1.29, 1.82) is 0 Å². The molecule has 0 spiro atoms. The molecule has 1 aliphatic heterocycles. The van der Waals surface area contributed by atoms with Crippen LogP contribution >= 0.6 is 0 Å². The Bertz CT molecular complexity index is 1210. The van der Waals surface area contributed by atoms with Gasteiger partial charge in [-0.1, -0.05) is 37.3 Å². The average molecular weight is 492 g/mol. The van der Waals surface area contributed by atoms with E-state index in [-0.39, 0.29) is 36.2 Å². The van der Waals surface area contributed by atoms with Gasteiger partial charge in [0.15, 0.2) is 5.78 Å². The molecule has 0 aromatic heterocycles. The van der Waals surface area contributed by atoms with E-state index in [1.54, 1.807) is 19.1 Å². The number of hydrogen-bond acceptors (Lipinski definition) is 8. The molecule has 2 aromatic rings. The number of Topliss-reactive ketones (excluding diaryl/α,β-unsaturated/α-hetero) is 1. The van der Waals surface area contributed by atoms with Gasteiger partial charge in [0, 0.05) is 22.9 Å². The zero-order chi connectivity index (χ0) is 25.8. The van der Waals surface area contributed by atoms with Crippen molar-refractivity contribution in [2.75, 3.05) is 20.3 Å². The van der Waals surface area contributed by atoms with Gasteiger partial charge in [-0.05, 0) is 49.1 Å². The Morgan fingerprint density at radius 2 is 1.75 bits per heavy atom. The molecule has 188 valence electrons. The highest BCUT2D eigenvalue weighted by Gasteiger charge is 2.47. The first-order valence-electron chi connectivity index (χ1n) is 11.8. The van der Waals surface area contributed by atoms with Crippen LogP contribution < -0.4 is 10.1 Å². The zero-order valence-electron chi connectivity index (χ0n) is 20.4. The number of ether oxygens (including phenoxy) is 3. The predicted molar refractivity (Wildman–Crippen MR) is 131 cm³/mol. The Morgan fingerprint density at radius 1 is 1.06 bits per heavy atom. The van der Waals surface area contributed by atoms with Gasteiger partial charge in [0.1, 0.15) is 30.6 Å². The van der Waals surface area contributed by atoms with Crippen LogP contribution in [0.3, 0.4) is 0 Å². The number of para-hydroxylation sites is 1. The molecular weight excluding hydrogens is 462 g/mol. The van der Waals surface area contributed by atoms with E-state index in [9.17, 15) is 19.5 Å². The number of ketones is 1. The topological polar surface area (TPSA) is 111 Å². The van der Waals surface area contributed by atoms with E-state index >= 15 is 0 Å². The van der Waals surface area contributed by atoms with E-state index in [2.05, 4.69) is 5.32 Å². The number of aromatic hydroxyl groups is 1. The standard InChI is InChI=1S/C28H29NO7/c1-16-15-21-25(26(31)22(16)27(32)34-3)24(18-9-11-19(30)12-10-18)23(17(2)29-21)28(33)36-14-13-35-20-7-5-4-6-8-20/h4-12,16,22,24,29-30H,13-15H2,1-3H3/t16-,22-,24-/m0/s1. The summed E-state index contributed by atoms with van der Waals surface area (Å²) in [5, 5.41) is 13.0. The largest absolute Gasteiger partial charge is 0.508 e. The van der Waals surface area contributed by atoms with Crippen LogP contribution in [0, 0.1) is 11.8 Å². The summed E-state index contributed by atoms with van der Waals surface area (Å²) >= 11 is 0. The lowest BCUT2D eigenvalue weighted by atomic mass is 9.69. The molecule has 0 unspecified atom stereocenters. The summed E-state index contributed by atoms with van der Waals surface area (Å²) in [4.78, 5) is 39.5. The molecule has 36 heavy (non-hydrogen) atoms. The van der Waals surface area contributed by atoms with Crippen molar-refractivity contribution in [2.45, 2.75) is 26.2 Å². The molecule has 2 N–H and O–H groups in total. The molecule has 0 amide bonds. The number of hydrogen-bond donors (Lipinski definition) is 2. The first kappa shape index (κ1) is 25.0. The van der Waals surface area contributed by atoms with Gasteiger partial charge in [0.25, 0.3) is 0 Å². The van der Waals surface area contributed by atoms with E-state index in [1.165, 1.54) is 19.2 Å². The summed E-state index contributed by atoms with van der Waals surface area (Å²) in [6.45, 7) is 3.76. The van der Waals surface area contributed by atoms with Gasteiger partial charge in [0.05, 0.1) is 12.7 Å². The Hall–Kier alpha value is -4.07. The summed E-state index contributed by atoms with van der Waals surface area (Å²) in [6.07, 6.45) is 0.444. The zero-order valence-corrected chi connectivity index (χ0v) is 20.4. The van der Waals surface area contributed by atoms with Gasteiger partial charge in [0.2, 0.25) is 0 Å². The molecule has 1 aliphatic carbocycles. The molecule has 4 rings (SSSR count). The van der Waals surface area contributed by atoms with Crippen molar-refractivity contribution >= 4 is 17.7 Å². The predicted octanol–water partition coefficient (Wildman–Crippen LogP) is 3.63. The quantitative estimate of drug-likeness (QED) is 0.343. The third-order valence-corrected chi connectivity index (χ3v) is 6.52. The number of carbonyl (C=O) groups is 3. The number of rotatable bonds is 7. The molecule has 0 saturated carbocycles. The lowest BCUT2D eigenvalue weighted by molar-refractivity contribution is -0.151. The van der Waals surface area contributed by atoms with Crippen molar-refractivity contribution in [3.8, 4) is 11.5 Å². The molecule has 3 atom stereocenters. The Morgan fingerprint density at radius 3 is 2.42 bits per heavy atom. The summed E-state index contributed by atoms with van der Waals surface area (Å²) < 4.78 is 16.1. The maximum absolute atomic E-state index is 13.7. The van der Waals surface area contributed by atoms with Crippen LogP contribution in [-0.2, 0) is 23.9 Å². The van der Waals surface area contributed by atoms with Gasteiger partial charge in [-0.15, -0.1) is 0 Å². The fraction of sp³-hybridized carbons (Fsp3) is 0.321. The van der Waals surface area contributed by atoms with Crippen molar-refractivity contribution in [3.63, 3.8) is 0 Å². The van der Waals surface area contributed by atoms with E-state index in [4.69, 9.17) is 14.2 Å². The number of phenolic OH excluding ortho intramolecular Hbond substituents is 1. The maximum Gasteiger partial charge on any atom is 0.336 e. The van der Waals surface area contributed by atoms with Crippen LogP contribution in [0.1, 0.15) is 31.7 Å². The summed E-state index contributed by atoms with van der Waals surface area (Å²) in [7, 11) is 1.26. The second kappa shape index (κ2) is 10.7. The number of phenols is 1. The van der Waals surface area contributed by atoms with Crippen LogP contribution in [0.25, 0.3) is 0 Å². The fourth-order valence-corrected chi connectivity index (χ4v) is 4.84. The summed E-state index contributed by atoms with van der Waals surface area (Å²) in [5.41, 5.74) is 2.47. The Kier molecular flexibility index (Phi) is 7.43. The SMILES string of the molecule is COC(=O)[C@@H]1C(=O)C2=C(C[C@@H]1C)NC(C)=C(C(=O)OCCOc1ccccc1)[C@@H]2c1ccc(O)cc1. The highest BCUT2D eigenvalue weighted by Crippen LogP contribution is 2.45. The number of nitrogens with one attached hydrogen (secondary N) is 1. The molecule has 2 aliphatic rings. The average Bonchev–Trinajstić information content (AvgIpc) is 2.86. The van der Waals surface area contributed by atoms with Gasteiger partial charge in [-0.25, -0.2) is 4.79 Å². The monoisotopic (exact) mass is 491 g/mol. The lowest BCUT2D eigenvalue weighted by Crippen LogP contribution is -2.43. The molecular formula is C28H29NO7. The van der Waals surface area contributed by atoms with Crippen molar-refractivity contribution in [2.24, 2.45) is 11.8 Å². The Labute approximate surface area is 209 Å². The maximum atomic E-state index is 13.7. The number of allylic oxidation sites excluding steroid dienone is 3. The molecule has 0 fully saturated rings. The molecule has 0 saturated heterocycles. The minimum Gasteiger partial charge on any atom is -0.508 e. The van der Waals surface area contributed by atoms with Crippen LogP contribution in [0.4, 0.5) is 0 Å². The number of methoxy groups -OCH3 is 1. The normalized spacial score (nSPS) is 21.4. The van der Waals surface area contributed by atoms with E-state index < -0.39 is 23.8 Å². The number of esters is 2. The van der Waals surface area contributed by atoms with Crippen LogP contribution in [0.2, 0.25) is 0 Å². The van der Waals surface area contributed by atoms with Crippen molar-refractivity contribution in [1.82, 2.24) is 5.32 Å². The Balaban J connectivity index is 1.63. The van der Waals surface area contributed by atoms with Crippen molar-refractivity contribution in [3.05, 3.63) is 82.7 Å². The highest BCUT2D eigenvalue weighted by atomic mass is 16.6. The van der Waals surface area contributed by atoms with Crippen LogP contribution in [-0.4, -0.2) is 43.2 Å². The van der Waals surface area contributed by atoms with Crippen molar-refractivity contribution < 1.29 is 33.7 Å². The first-order valence-corrected chi connectivity index (χ1v) is 11.8. The smallest absolute Gasteiger partial charge is 0.336 e. The van der Waals surface area contributed by atoms with Gasteiger partial charge < -0.3 is 24.6 Å². The first-order chi connectivity index (χ1) is 17.3. The van der Waals surface area contributed by atoms with Crippen LogP contribution in [0.5, 0.6) is 11.5 Å². The minimum absolute atomic E-state index is 0.00841. The molecule has 8 heteroatoms. The summed E-state index contributed by atoms with van der Waals surface area (Å²) in [6, 6.07) is 15.5. The van der Waals surface area contributed by atoms with Gasteiger partial charge in [-0.2, -0.15) is 0 Å². The van der Waals surface area contributed by atoms with Gasteiger partial charge >= 0.3 is 11.9 Å². The fourth-order valence-electron chi connectivity index (χ4n) is 4.84. The minimum atomic E-state index is -0.967. The van der Waals surface area contributed by atoms with Gasteiger partial charge in [-0.3, -0.25) is 9.59 Å². The highest BCUT2D eigenvalue weighted by molar-refractivity contribution is 6.12. The lowest BCUT2D eigenvalue weighted by Gasteiger charge is -2.38. The molecule has 2 aromatic carbocycles. The molecule has 1 heterocycles. The second-order valence-electron chi connectivity index (χ2n) is 8.92. The van der Waals surface area contributed by atoms with Crippen LogP contribution in [0.15, 0.2) is 77.1 Å². The third-order valence-electron chi connectivity index (χ3n) is 6.52. The summed E-state index contributed by atoms with van der Waals surface area (Å²) in [5.74, 6) is -2.86. The number of dihydropyridines is 1. The second-order valence-corrected chi connectivity index (χ2v) is 8.92. The molecule has 0 bridgehead atoms. The number of carbonyl (C=O) groups excluding carboxylic acids is 3. The van der Waals surface area contributed by atoms with E-state index in [0.717, 1.165) is 0 Å². The van der Waals surface area contributed by atoms with E-state index in [1.807, 2.05) is 37.3 Å².